The van der Waals surface area contributed by atoms with Crippen LogP contribution in [0.5, 0.6) is 17.2 Å². The summed E-state index contributed by atoms with van der Waals surface area (Å²) in [4.78, 5) is 14.7. The molecule has 5 nitrogen and oxygen atoms in total. The number of rotatable bonds is 7. The molecule has 0 bridgehead atoms. The Hall–Kier alpha value is -2.25. The molecule has 0 N–H and O–H groups in total. The van der Waals surface area contributed by atoms with Gasteiger partial charge in [0.05, 0.1) is 33.1 Å². The lowest BCUT2D eigenvalue weighted by Gasteiger charge is -2.17. The van der Waals surface area contributed by atoms with Crippen LogP contribution in [0.25, 0.3) is 0 Å². The summed E-state index contributed by atoms with van der Waals surface area (Å²) in [5, 5.41) is -0.287. The quantitative estimate of drug-likeness (QED) is 0.635. The van der Waals surface area contributed by atoms with E-state index in [1.165, 1.54) is 17.3 Å². The molecule has 0 saturated carbocycles. The molecule has 2 aromatic rings. The summed E-state index contributed by atoms with van der Waals surface area (Å²) in [7, 11) is 4.76. The van der Waals surface area contributed by atoms with Crippen molar-refractivity contribution in [2.75, 3.05) is 21.3 Å². The Morgan fingerprint density at radius 1 is 1.00 bits per heavy atom. The number of methoxy groups -OCH3 is 3. The molecular weight excluding hydrogens is 394 g/mol. The van der Waals surface area contributed by atoms with Crippen molar-refractivity contribution in [3.8, 4) is 17.2 Å². The zero-order valence-corrected chi connectivity index (χ0v) is 18.0. The van der Waals surface area contributed by atoms with Gasteiger partial charge in [0.15, 0.2) is 11.5 Å². The van der Waals surface area contributed by atoms with Crippen LogP contribution in [-0.4, -0.2) is 41.7 Å². The third-order valence-electron chi connectivity index (χ3n) is 4.66. The van der Waals surface area contributed by atoms with Gasteiger partial charge in [-0.15, -0.1) is 0 Å². The first-order valence-corrected chi connectivity index (χ1v) is 10.1. The highest BCUT2D eigenvalue weighted by Gasteiger charge is 2.37. The van der Waals surface area contributed by atoms with Crippen LogP contribution in [0.3, 0.4) is 0 Å². The van der Waals surface area contributed by atoms with Crippen LogP contribution in [0.4, 0.5) is 0 Å². The fraction of sp³-hybridized carbons (Fsp3) is 0.333. The van der Waals surface area contributed by atoms with Crippen LogP contribution in [0.15, 0.2) is 36.4 Å². The molecule has 1 aliphatic heterocycles. The molecule has 0 radical (unpaired) electrons. The maximum Gasteiger partial charge on any atom is 0.242 e. The minimum Gasteiger partial charge on any atom is -0.496 e. The van der Waals surface area contributed by atoms with Crippen LogP contribution in [-0.2, 0) is 17.8 Å². The van der Waals surface area contributed by atoms with Gasteiger partial charge in [0.25, 0.3) is 0 Å². The Morgan fingerprint density at radius 3 is 2.21 bits per heavy atom. The smallest absolute Gasteiger partial charge is 0.242 e. The van der Waals surface area contributed by atoms with Crippen molar-refractivity contribution in [2.24, 2.45) is 0 Å². The number of ether oxygens (including phenoxy) is 3. The van der Waals surface area contributed by atoms with Gasteiger partial charge in [-0.1, -0.05) is 53.8 Å². The van der Waals surface area contributed by atoms with Crippen LogP contribution >= 0.6 is 24.0 Å². The molecule has 148 valence electrons. The number of thioether (sulfide) groups is 1. The lowest BCUT2D eigenvalue weighted by Crippen LogP contribution is -2.31. The topological polar surface area (TPSA) is 48.0 Å². The number of benzene rings is 2. The van der Waals surface area contributed by atoms with Crippen molar-refractivity contribution in [1.82, 2.24) is 4.90 Å². The lowest BCUT2D eigenvalue weighted by molar-refractivity contribution is -0.126. The van der Waals surface area contributed by atoms with Crippen molar-refractivity contribution in [1.29, 1.82) is 0 Å². The summed E-state index contributed by atoms with van der Waals surface area (Å²) < 4.78 is 16.8. The summed E-state index contributed by atoms with van der Waals surface area (Å²) in [5.74, 6) is 1.87. The van der Waals surface area contributed by atoms with Crippen LogP contribution in [0, 0.1) is 6.92 Å². The van der Waals surface area contributed by atoms with Gasteiger partial charge in [-0.05, 0) is 30.5 Å². The first kappa shape index (κ1) is 20.5. The molecule has 1 aliphatic rings. The third kappa shape index (κ3) is 4.25. The van der Waals surface area contributed by atoms with Gasteiger partial charge in [0, 0.05) is 6.07 Å². The molecule has 7 heteroatoms. The third-order valence-corrected chi connectivity index (χ3v) is 6.24. The second kappa shape index (κ2) is 8.84. The molecule has 0 spiro atoms. The summed E-state index contributed by atoms with van der Waals surface area (Å²) in [5.41, 5.74) is 3.13. The molecule has 0 unspecified atom stereocenters. The first-order valence-electron chi connectivity index (χ1n) is 8.83. The number of carbonyl (C=O) groups is 1. The SMILES string of the molecule is COc1cc(OC)c(OC)cc1C[C@@H]1SC(=S)N(Cc2ccc(C)cc2)C1=O. The molecule has 1 amide bonds. The van der Waals surface area contributed by atoms with E-state index < -0.39 is 0 Å². The van der Waals surface area contributed by atoms with E-state index in [4.69, 9.17) is 26.4 Å². The van der Waals surface area contributed by atoms with Crippen LogP contribution < -0.4 is 14.2 Å². The molecule has 2 aromatic carbocycles. The zero-order chi connectivity index (χ0) is 20.3. The van der Waals surface area contributed by atoms with E-state index >= 15 is 0 Å². The van der Waals surface area contributed by atoms with Gasteiger partial charge in [-0.3, -0.25) is 9.69 Å². The summed E-state index contributed by atoms with van der Waals surface area (Å²) in [6.45, 7) is 2.53. The molecule has 1 fully saturated rings. The number of amides is 1. The summed E-state index contributed by atoms with van der Waals surface area (Å²) >= 11 is 6.90. The minimum atomic E-state index is -0.287. The minimum absolute atomic E-state index is 0.0208. The second-order valence-corrected chi connectivity index (χ2v) is 8.34. The molecule has 1 atom stereocenters. The number of nitrogens with zero attached hydrogens (tertiary/aromatic N) is 1. The maximum absolute atomic E-state index is 13.0. The predicted octanol–water partition coefficient (Wildman–Crippen LogP) is 3.99. The maximum atomic E-state index is 13.0. The fourth-order valence-electron chi connectivity index (χ4n) is 3.10. The van der Waals surface area contributed by atoms with Gasteiger partial charge in [-0.2, -0.15) is 0 Å². The monoisotopic (exact) mass is 417 g/mol. The normalized spacial score (nSPS) is 16.4. The Kier molecular flexibility index (Phi) is 6.46. The van der Waals surface area contributed by atoms with E-state index in [1.54, 1.807) is 32.3 Å². The largest absolute Gasteiger partial charge is 0.496 e. The van der Waals surface area contributed by atoms with Gasteiger partial charge in [0.2, 0.25) is 5.91 Å². The molecular formula is C21H23NO4S2. The highest BCUT2D eigenvalue weighted by Crippen LogP contribution is 2.38. The number of hydrogen-bond acceptors (Lipinski definition) is 6. The Labute approximate surface area is 175 Å². The number of carbonyl (C=O) groups excluding carboxylic acids is 1. The Bertz CT molecular complexity index is 883. The van der Waals surface area contributed by atoms with E-state index in [0.717, 1.165) is 11.1 Å². The van der Waals surface area contributed by atoms with Crippen LogP contribution in [0.2, 0.25) is 0 Å². The number of aryl methyl sites for hydroxylation is 1. The fourth-order valence-corrected chi connectivity index (χ4v) is 4.62. The average molecular weight is 418 g/mol. The van der Waals surface area contributed by atoms with Gasteiger partial charge in [0.1, 0.15) is 10.1 Å². The molecule has 3 rings (SSSR count). The van der Waals surface area contributed by atoms with Gasteiger partial charge in [-0.25, -0.2) is 0 Å². The molecule has 0 aliphatic carbocycles. The van der Waals surface area contributed by atoms with Crippen molar-refractivity contribution < 1.29 is 19.0 Å². The van der Waals surface area contributed by atoms with Crippen molar-refractivity contribution in [2.45, 2.75) is 25.1 Å². The first-order chi connectivity index (χ1) is 13.5. The predicted molar refractivity (Wildman–Crippen MR) is 116 cm³/mol. The highest BCUT2D eigenvalue weighted by atomic mass is 32.2. The molecule has 28 heavy (non-hydrogen) atoms. The van der Waals surface area contributed by atoms with Gasteiger partial charge >= 0.3 is 0 Å². The summed E-state index contributed by atoms with van der Waals surface area (Å²) in [6, 6.07) is 11.8. The number of hydrogen-bond donors (Lipinski definition) is 0. The highest BCUT2D eigenvalue weighted by molar-refractivity contribution is 8.24. The second-order valence-electron chi connectivity index (χ2n) is 6.51. The Morgan fingerprint density at radius 2 is 1.61 bits per heavy atom. The average Bonchev–Trinajstić information content (AvgIpc) is 2.96. The zero-order valence-electron chi connectivity index (χ0n) is 16.4. The van der Waals surface area contributed by atoms with E-state index in [9.17, 15) is 4.79 Å². The van der Waals surface area contributed by atoms with E-state index in [-0.39, 0.29) is 11.2 Å². The van der Waals surface area contributed by atoms with Crippen LogP contribution in [0.1, 0.15) is 16.7 Å². The van der Waals surface area contributed by atoms with Crippen molar-refractivity contribution in [3.63, 3.8) is 0 Å². The van der Waals surface area contributed by atoms with Crippen molar-refractivity contribution >= 4 is 34.2 Å². The summed E-state index contributed by atoms with van der Waals surface area (Å²) in [6.07, 6.45) is 0.498. The van der Waals surface area contributed by atoms with Gasteiger partial charge < -0.3 is 14.2 Å². The van der Waals surface area contributed by atoms with E-state index in [0.29, 0.717) is 34.5 Å². The molecule has 1 heterocycles. The number of thiocarbonyl (C=S) groups is 1. The molecule has 0 aromatic heterocycles. The van der Waals surface area contributed by atoms with Crippen molar-refractivity contribution in [3.05, 3.63) is 53.1 Å². The standard InChI is InChI=1S/C21H23NO4S2/c1-13-5-7-14(8-6-13)12-22-20(23)19(28-21(22)27)10-15-9-17(25-3)18(26-4)11-16(15)24-2/h5-9,11,19H,10,12H2,1-4H3/t19-/m0/s1. The lowest BCUT2D eigenvalue weighted by atomic mass is 10.1. The van der Waals surface area contributed by atoms with E-state index in [2.05, 4.69) is 0 Å². The molecule has 1 saturated heterocycles. The van der Waals surface area contributed by atoms with E-state index in [1.807, 2.05) is 37.3 Å². The Balaban J connectivity index is 1.79.